The predicted octanol–water partition coefficient (Wildman–Crippen LogP) is 1.76. The van der Waals surface area contributed by atoms with Gasteiger partial charge in [-0.3, -0.25) is 0 Å². The summed E-state index contributed by atoms with van der Waals surface area (Å²) in [5, 5.41) is 8.12. The highest BCUT2D eigenvalue weighted by molar-refractivity contribution is 6.16. The number of methoxy groups -OCH3 is 2. The topological polar surface area (TPSA) is 49.2 Å². The smallest absolute Gasteiger partial charge is 0.103 e. The van der Waals surface area contributed by atoms with Crippen LogP contribution in [0.15, 0.2) is 0 Å². The highest BCUT2D eigenvalue weighted by Gasteiger charge is 2.17. The summed E-state index contributed by atoms with van der Waals surface area (Å²) in [5.41, 5.74) is 1.74. The molecule has 1 aromatic heterocycles. The highest BCUT2D eigenvalue weighted by Crippen LogP contribution is 2.20. The number of halogens is 1. The number of nitrogens with zero attached hydrogens (tertiary/aromatic N) is 3. The number of aryl methyl sites for hydroxylation is 1. The van der Waals surface area contributed by atoms with E-state index in [4.69, 9.17) is 21.1 Å². The van der Waals surface area contributed by atoms with Crippen LogP contribution in [-0.2, 0) is 21.9 Å². The van der Waals surface area contributed by atoms with E-state index in [1.807, 2.05) is 11.6 Å². The molecule has 0 radical (unpaired) electrons. The third-order valence-corrected chi connectivity index (χ3v) is 2.68. The van der Waals surface area contributed by atoms with Gasteiger partial charge in [0.1, 0.15) is 5.69 Å². The van der Waals surface area contributed by atoms with Crippen molar-refractivity contribution in [3.8, 4) is 0 Å². The third-order valence-electron chi connectivity index (χ3n) is 2.43. The van der Waals surface area contributed by atoms with Crippen molar-refractivity contribution < 1.29 is 9.47 Å². The Labute approximate surface area is 101 Å². The molecule has 0 spiro atoms. The van der Waals surface area contributed by atoms with Gasteiger partial charge in [-0.05, 0) is 13.3 Å². The third kappa shape index (κ3) is 3.17. The zero-order valence-electron chi connectivity index (χ0n) is 9.94. The van der Waals surface area contributed by atoms with Crippen molar-refractivity contribution in [3.63, 3.8) is 0 Å². The average molecular weight is 248 g/mol. The summed E-state index contributed by atoms with van der Waals surface area (Å²) in [6.45, 7) is 3.43. The van der Waals surface area contributed by atoms with Gasteiger partial charge < -0.3 is 9.47 Å². The van der Waals surface area contributed by atoms with Gasteiger partial charge in [0.05, 0.1) is 17.7 Å². The molecule has 1 aromatic rings. The summed E-state index contributed by atoms with van der Waals surface area (Å²) in [5.74, 6) is 0.354. The summed E-state index contributed by atoms with van der Waals surface area (Å²) >= 11 is 5.81. The number of hydrogen-bond donors (Lipinski definition) is 0. The first-order valence-electron chi connectivity index (χ1n) is 5.24. The predicted molar refractivity (Wildman–Crippen MR) is 61.5 cm³/mol. The number of alkyl halides is 1. The van der Waals surface area contributed by atoms with Gasteiger partial charge in [0.2, 0.25) is 0 Å². The van der Waals surface area contributed by atoms with Crippen LogP contribution >= 0.6 is 11.6 Å². The van der Waals surface area contributed by atoms with E-state index in [9.17, 15) is 0 Å². The molecule has 0 amide bonds. The minimum absolute atomic E-state index is 0.0497. The Balaban J connectivity index is 2.78. The van der Waals surface area contributed by atoms with Crippen LogP contribution in [0.4, 0.5) is 0 Å². The second-order valence-corrected chi connectivity index (χ2v) is 3.77. The Hall–Kier alpha value is -0.650. The minimum Gasteiger partial charge on any atom is -0.385 e. The molecule has 0 aliphatic carbocycles. The Bertz CT molecular complexity index is 317. The largest absolute Gasteiger partial charge is 0.385 e. The van der Waals surface area contributed by atoms with Crippen molar-refractivity contribution >= 4 is 11.6 Å². The first-order valence-corrected chi connectivity index (χ1v) is 5.78. The van der Waals surface area contributed by atoms with Gasteiger partial charge in [0.25, 0.3) is 0 Å². The lowest BCUT2D eigenvalue weighted by Crippen LogP contribution is -2.11. The molecule has 0 aliphatic rings. The fourth-order valence-electron chi connectivity index (χ4n) is 1.53. The molecule has 1 atom stereocenters. The van der Waals surface area contributed by atoms with E-state index >= 15 is 0 Å². The summed E-state index contributed by atoms with van der Waals surface area (Å²) in [6, 6.07) is 0. The second kappa shape index (κ2) is 6.83. The molecule has 0 bridgehead atoms. The molecule has 6 heteroatoms. The maximum atomic E-state index is 5.81. The number of hydrogen-bond acceptors (Lipinski definition) is 4. The highest BCUT2D eigenvalue weighted by atomic mass is 35.5. The molecule has 1 heterocycles. The van der Waals surface area contributed by atoms with Gasteiger partial charge >= 0.3 is 0 Å². The molecule has 0 saturated carbocycles. The van der Waals surface area contributed by atoms with Gasteiger partial charge in [-0.1, -0.05) is 5.21 Å². The SMILES string of the molecule is COCCCn1nnc(CCl)c1C(C)OC. The lowest BCUT2D eigenvalue weighted by molar-refractivity contribution is 0.109. The molecule has 1 rings (SSSR count). The molecular formula is C10H18ClN3O2. The quantitative estimate of drug-likeness (QED) is 0.544. The average Bonchev–Trinajstić information content (AvgIpc) is 2.71. The van der Waals surface area contributed by atoms with Crippen LogP contribution in [0.25, 0.3) is 0 Å². The van der Waals surface area contributed by atoms with E-state index in [-0.39, 0.29) is 6.10 Å². The molecular weight excluding hydrogens is 230 g/mol. The van der Waals surface area contributed by atoms with Crippen LogP contribution in [0.3, 0.4) is 0 Å². The molecule has 0 aromatic carbocycles. The van der Waals surface area contributed by atoms with Gasteiger partial charge in [-0.25, -0.2) is 4.68 Å². The van der Waals surface area contributed by atoms with Crippen LogP contribution in [0.5, 0.6) is 0 Å². The van der Waals surface area contributed by atoms with Gasteiger partial charge in [-0.15, -0.1) is 16.7 Å². The van der Waals surface area contributed by atoms with Gasteiger partial charge in [-0.2, -0.15) is 0 Å². The van der Waals surface area contributed by atoms with Crippen molar-refractivity contribution in [2.45, 2.75) is 31.9 Å². The molecule has 0 fully saturated rings. The molecule has 1 unspecified atom stereocenters. The first-order chi connectivity index (χ1) is 7.74. The van der Waals surface area contributed by atoms with E-state index in [1.165, 1.54) is 0 Å². The van der Waals surface area contributed by atoms with E-state index < -0.39 is 0 Å². The van der Waals surface area contributed by atoms with Crippen molar-refractivity contribution in [3.05, 3.63) is 11.4 Å². The van der Waals surface area contributed by atoms with Crippen molar-refractivity contribution in [2.75, 3.05) is 20.8 Å². The van der Waals surface area contributed by atoms with Crippen molar-refractivity contribution in [1.29, 1.82) is 0 Å². The monoisotopic (exact) mass is 247 g/mol. The lowest BCUT2D eigenvalue weighted by atomic mass is 10.2. The van der Waals surface area contributed by atoms with Crippen LogP contribution < -0.4 is 0 Å². The van der Waals surface area contributed by atoms with E-state index in [0.717, 1.165) is 24.4 Å². The standard InChI is InChI=1S/C10H18ClN3O2/c1-8(16-3)10-9(7-11)12-13-14(10)5-4-6-15-2/h8H,4-7H2,1-3H3. The zero-order chi connectivity index (χ0) is 12.0. The molecule has 16 heavy (non-hydrogen) atoms. The summed E-state index contributed by atoms with van der Waals surface area (Å²) < 4.78 is 12.1. The Morgan fingerprint density at radius 2 is 2.19 bits per heavy atom. The number of ether oxygens (including phenoxy) is 2. The Morgan fingerprint density at radius 1 is 1.44 bits per heavy atom. The Morgan fingerprint density at radius 3 is 2.75 bits per heavy atom. The first kappa shape index (κ1) is 13.4. The molecule has 0 saturated heterocycles. The van der Waals surface area contributed by atoms with Crippen LogP contribution in [-0.4, -0.2) is 35.8 Å². The minimum atomic E-state index is -0.0497. The van der Waals surface area contributed by atoms with E-state index in [1.54, 1.807) is 14.2 Å². The summed E-state index contributed by atoms with van der Waals surface area (Å²) in [6.07, 6.45) is 0.844. The number of aromatic nitrogens is 3. The van der Waals surface area contributed by atoms with Crippen LogP contribution in [0.2, 0.25) is 0 Å². The normalized spacial score (nSPS) is 13.0. The van der Waals surface area contributed by atoms with E-state index in [2.05, 4.69) is 10.3 Å². The van der Waals surface area contributed by atoms with Crippen LogP contribution in [0, 0.1) is 0 Å². The molecule has 0 N–H and O–H groups in total. The maximum Gasteiger partial charge on any atom is 0.103 e. The summed E-state index contributed by atoms with van der Waals surface area (Å²) in [7, 11) is 3.35. The molecule has 5 nitrogen and oxygen atoms in total. The fourth-order valence-corrected chi connectivity index (χ4v) is 1.72. The van der Waals surface area contributed by atoms with Crippen LogP contribution in [0.1, 0.15) is 30.8 Å². The molecule has 92 valence electrons. The zero-order valence-corrected chi connectivity index (χ0v) is 10.7. The second-order valence-electron chi connectivity index (χ2n) is 3.50. The van der Waals surface area contributed by atoms with Crippen molar-refractivity contribution in [2.24, 2.45) is 0 Å². The summed E-state index contributed by atoms with van der Waals surface area (Å²) in [4.78, 5) is 0. The Kier molecular flexibility index (Phi) is 5.73. The van der Waals surface area contributed by atoms with Gasteiger partial charge in [0.15, 0.2) is 0 Å². The number of rotatable bonds is 7. The van der Waals surface area contributed by atoms with Crippen molar-refractivity contribution in [1.82, 2.24) is 15.0 Å². The van der Waals surface area contributed by atoms with E-state index in [0.29, 0.717) is 12.5 Å². The fraction of sp³-hybridized carbons (Fsp3) is 0.800. The maximum absolute atomic E-state index is 5.81. The lowest BCUT2D eigenvalue weighted by Gasteiger charge is -2.12. The molecule has 0 aliphatic heterocycles. The van der Waals surface area contributed by atoms with Gasteiger partial charge in [0, 0.05) is 27.4 Å².